The predicted octanol–water partition coefficient (Wildman–Crippen LogP) is 1.70. The van der Waals surface area contributed by atoms with Crippen LogP contribution in [0.2, 0.25) is 0 Å². The zero-order valence-electron chi connectivity index (χ0n) is 12.8. The first-order chi connectivity index (χ1) is 10.0. The van der Waals surface area contributed by atoms with E-state index in [1.807, 2.05) is 13.8 Å². The van der Waals surface area contributed by atoms with E-state index in [1.54, 1.807) is 0 Å². The van der Waals surface area contributed by atoms with Crippen molar-refractivity contribution in [1.29, 1.82) is 0 Å². The Labute approximate surface area is 129 Å². The van der Waals surface area contributed by atoms with Crippen molar-refractivity contribution in [3.63, 3.8) is 0 Å². The molecule has 0 aromatic carbocycles. The molecule has 1 aliphatic heterocycles. The second kappa shape index (κ2) is 7.00. The van der Waals surface area contributed by atoms with Crippen LogP contribution in [-0.2, 0) is 4.74 Å². The Morgan fingerprint density at radius 3 is 2.81 bits per heavy atom. The van der Waals surface area contributed by atoms with Gasteiger partial charge in [0.05, 0.1) is 13.2 Å². The van der Waals surface area contributed by atoms with Gasteiger partial charge in [-0.2, -0.15) is 0 Å². The van der Waals surface area contributed by atoms with E-state index in [-0.39, 0.29) is 6.10 Å². The molecule has 0 atom stereocenters. The molecule has 1 aromatic rings. The fraction of sp³-hybridized carbons (Fsp3) is 0.643. The molecule has 0 saturated carbocycles. The second-order valence-electron chi connectivity index (χ2n) is 5.23. The molecule has 1 fully saturated rings. The molecule has 0 radical (unpaired) electrons. The number of rotatable bonds is 4. The fourth-order valence-electron chi connectivity index (χ4n) is 2.27. The third kappa shape index (κ3) is 3.59. The molecule has 3 N–H and O–H groups in total. The van der Waals surface area contributed by atoms with Crippen molar-refractivity contribution in [2.45, 2.75) is 26.4 Å². The summed E-state index contributed by atoms with van der Waals surface area (Å²) in [5.74, 6) is 0.197. The number of carbonyl (C=O) groups excluding carboxylic acids is 1. The molecule has 0 amide bonds. The Hall–Kier alpha value is -1.47. The van der Waals surface area contributed by atoms with Gasteiger partial charge in [0, 0.05) is 19.6 Å². The smallest absolute Gasteiger partial charge is 0.350 e. The van der Waals surface area contributed by atoms with Crippen molar-refractivity contribution in [3.8, 4) is 5.75 Å². The van der Waals surface area contributed by atoms with Crippen LogP contribution in [0.25, 0.3) is 0 Å². The first-order valence-corrected chi connectivity index (χ1v) is 7.99. The van der Waals surface area contributed by atoms with Crippen molar-refractivity contribution < 1.29 is 14.3 Å². The standard InChI is InChI=1S/C14H23N3O3S/c1-9(2)20-11-10(15)12(14(18)19-3)21-13(11)17-7-4-5-16-6-8-17/h9,16H,4-8,15H2,1-3H3. The number of hydrogen-bond donors (Lipinski definition) is 2. The highest BCUT2D eigenvalue weighted by Crippen LogP contribution is 2.45. The van der Waals surface area contributed by atoms with Gasteiger partial charge in [0.1, 0.15) is 15.6 Å². The van der Waals surface area contributed by atoms with Gasteiger partial charge >= 0.3 is 5.97 Å². The lowest BCUT2D eigenvalue weighted by Gasteiger charge is -2.22. The van der Waals surface area contributed by atoms with Crippen molar-refractivity contribution in [3.05, 3.63) is 4.88 Å². The third-order valence-corrected chi connectivity index (χ3v) is 4.46. The number of nitrogens with one attached hydrogen (secondary N) is 1. The number of thiophene rings is 1. The van der Waals surface area contributed by atoms with Crippen LogP contribution in [0.4, 0.5) is 10.7 Å². The van der Waals surface area contributed by atoms with E-state index >= 15 is 0 Å². The van der Waals surface area contributed by atoms with Crippen molar-refractivity contribution >= 4 is 28.0 Å². The first-order valence-electron chi connectivity index (χ1n) is 7.17. The number of nitrogens with zero attached hydrogens (tertiary/aromatic N) is 1. The number of carbonyl (C=O) groups is 1. The summed E-state index contributed by atoms with van der Waals surface area (Å²) in [6.07, 6.45) is 1.04. The van der Waals surface area contributed by atoms with Crippen molar-refractivity contribution in [1.82, 2.24) is 5.32 Å². The fourth-order valence-corrected chi connectivity index (χ4v) is 3.39. The largest absolute Gasteiger partial charge is 0.486 e. The van der Waals surface area contributed by atoms with Gasteiger partial charge in [0.2, 0.25) is 0 Å². The molecule has 1 aliphatic rings. The number of hydrogen-bond acceptors (Lipinski definition) is 7. The molecule has 1 saturated heterocycles. The van der Waals surface area contributed by atoms with Gasteiger partial charge in [-0.05, 0) is 26.8 Å². The van der Waals surface area contributed by atoms with Gasteiger partial charge in [0.15, 0.2) is 5.75 Å². The van der Waals surface area contributed by atoms with E-state index in [0.717, 1.165) is 37.6 Å². The van der Waals surface area contributed by atoms with Crippen LogP contribution >= 0.6 is 11.3 Å². The minimum Gasteiger partial charge on any atom is -0.486 e. The maximum atomic E-state index is 11.9. The zero-order valence-corrected chi connectivity index (χ0v) is 13.6. The lowest BCUT2D eigenvalue weighted by atomic mass is 10.3. The molecule has 2 rings (SSSR count). The molecule has 7 heteroatoms. The summed E-state index contributed by atoms with van der Waals surface area (Å²) >= 11 is 1.35. The number of anilines is 2. The van der Waals surface area contributed by atoms with Gasteiger partial charge in [-0.15, -0.1) is 11.3 Å². The van der Waals surface area contributed by atoms with Crippen LogP contribution in [0.3, 0.4) is 0 Å². The van der Waals surface area contributed by atoms with E-state index in [4.69, 9.17) is 15.2 Å². The molecule has 0 spiro atoms. The van der Waals surface area contributed by atoms with Crippen LogP contribution in [0.15, 0.2) is 0 Å². The Bertz CT molecular complexity index is 494. The number of ether oxygens (including phenoxy) is 2. The van der Waals surface area contributed by atoms with Crippen LogP contribution in [-0.4, -0.2) is 45.4 Å². The van der Waals surface area contributed by atoms with Crippen molar-refractivity contribution in [2.75, 3.05) is 43.9 Å². The minimum absolute atomic E-state index is 0.00347. The highest BCUT2D eigenvalue weighted by molar-refractivity contribution is 7.19. The van der Waals surface area contributed by atoms with Gasteiger partial charge in [-0.1, -0.05) is 0 Å². The third-order valence-electron chi connectivity index (χ3n) is 3.23. The van der Waals surface area contributed by atoms with E-state index < -0.39 is 5.97 Å². The summed E-state index contributed by atoms with van der Waals surface area (Å²) in [4.78, 5) is 14.5. The maximum absolute atomic E-state index is 11.9. The van der Waals surface area contributed by atoms with Crippen LogP contribution in [0.1, 0.15) is 29.9 Å². The molecule has 2 heterocycles. The second-order valence-corrected chi connectivity index (χ2v) is 6.23. The van der Waals surface area contributed by atoms with Gasteiger partial charge < -0.3 is 25.4 Å². The summed E-state index contributed by atoms with van der Waals surface area (Å²) in [6.45, 7) is 7.59. The van der Waals surface area contributed by atoms with E-state index in [1.165, 1.54) is 18.4 Å². The molecular formula is C14H23N3O3S. The number of methoxy groups -OCH3 is 1. The molecular weight excluding hydrogens is 290 g/mol. The summed E-state index contributed by atoms with van der Waals surface area (Å²) < 4.78 is 10.7. The average molecular weight is 313 g/mol. The highest BCUT2D eigenvalue weighted by atomic mass is 32.1. The van der Waals surface area contributed by atoms with Crippen LogP contribution in [0, 0.1) is 0 Å². The highest BCUT2D eigenvalue weighted by Gasteiger charge is 2.27. The number of nitrogen functional groups attached to an aromatic ring is 1. The van der Waals surface area contributed by atoms with Crippen molar-refractivity contribution in [2.24, 2.45) is 0 Å². The molecule has 0 unspecified atom stereocenters. The van der Waals surface area contributed by atoms with Crippen LogP contribution < -0.4 is 20.7 Å². The summed E-state index contributed by atoms with van der Waals surface area (Å²) in [5, 5.41) is 4.28. The summed E-state index contributed by atoms with van der Waals surface area (Å²) in [6, 6.07) is 0. The Balaban J connectivity index is 2.38. The van der Waals surface area contributed by atoms with Gasteiger partial charge in [-0.25, -0.2) is 4.79 Å². The monoisotopic (exact) mass is 313 g/mol. The van der Waals surface area contributed by atoms with E-state index in [0.29, 0.717) is 16.3 Å². The van der Waals surface area contributed by atoms with Gasteiger partial charge in [0.25, 0.3) is 0 Å². The molecule has 0 bridgehead atoms. The van der Waals surface area contributed by atoms with E-state index in [9.17, 15) is 4.79 Å². The molecule has 118 valence electrons. The Morgan fingerprint density at radius 2 is 2.14 bits per heavy atom. The topological polar surface area (TPSA) is 76.8 Å². The number of nitrogens with two attached hydrogens (primary N) is 1. The lowest BCUT2D eigenvalue weighted by molar-refractivity contribution is 0.0607. The average Bonchev–Trinajstić information content (AvgIpc) is 2.67. The van der Waals surface area contributed by atoms with Crippen LogP contribution in [0.5, 0.6) is 5.75 Å². The maximum Gasteiger partial charge on any atom is 0.350 e. The predicted molar refractivity (Wildman–Crippen MR) is 85.5 cm³/mol. The summed E-state index contributed by atoms with van der Waals surface area (Å²) in [7, 11) is 1.36. The Morgan fingerprint density at radius 1 is 1.38 bits per heavy atom. The lowest BCUT2D eigenvalue weighted by Crippen LogP contribution is -2.27. The first kappa shape index (κ1) is 15.9. The molecule has 0 aliphatic carbocycles. The molecule has 21 heavy (non-hydrogen) atoms. The molecule has 1 aromatic heterocycles. The molecule has 6 nitrogen and oxygen atoms in total. The minimum atomic E-state index is -0.412. The van der Waals surface area contributed by atoms with Gasteiger partial charge in [-0.3, -0.25) is 0 Å². The number of esters is 1. The normalized spacial score (nSPS) is 15.9. The zero-order chi connectivity index (χ0) is 15.4. The quantitative estimate of drug-likeness (QED) is 0.824. The Kier molecular flexibility index (Phi) is 5.30. The SMILES string of the molecule is COC(=O)c1sc(N2CCCNCC2)c(OC(C)C)c1N. The van der Waals surface area contributed by atoms with E-state index in [2.05, 4.69) is 10.2 Å². The summed E-state index contributed by atoms with van der Waals surface area (Å²) in [5.41, 5.74) is 6.50.